The number of nitrogens with two attached hydrogens (primary N) is 1. The fourth-order valence-electron chi connectivity index (χ4n) is 2.19. The van der Waals surface area contributed by atoms with Crippen molar-refractivity contribution in [3.8, 4) is 5.75 Å². The van der Waals surface area contributed by atoms with Crippen molar-refractivity contribution in [3.63, 3.8) is 0 Å². The molecule has 0 aromatic heterocycles. The average molecular weight is 276 g/mol. The fourth-order valence-corrected chi connectivity index (χ4v) is 2.19. The van der Waals surface area contributed by atoms with Gasteiger partial charge in [0, 0.05) is 25.2 Å². The van der Waals surface area contributed by atoms with E-state index in [1.807, 2.05) is 0 Å². The van der Waals surface area contributed by atoms with Crippen LogP contribution in [0.25, 0.3) is 0 Å². The lowest BCUT2D eigenvalue weighted by atomic mass is 10.1. The van der Waals surface area contributed by atoms with Gasteiger partial charge < -0.3 is 20.5 Å². The molecule has 0 radical (unpaired) electrons. The zero-order chi connectivity index (χ0) is 14.0. The second kappa shape index (κ2) is 5.56. The molecule has 1 unspecified atom stereocenters. The molecule has 0 amide bonds. The van der Waals surface area contributed by atoms with Gasteiger partial charge in [0.05, 0.1) is 17.5 Å². The predicted molar refractivity (Wildman–Crippen MR) is 64.9 cm³/mol. The molecule has 1 aliphatic heterocycles. The van der Waals surface area contributed by atoms with Gasteiger partial charge in [-0.2, -0.15) is 8.78 Å². The number of nitrogen functional groups attached to an aromatic ring is 1. The molecule has 1 saturated heterocycles. The van der Waals surface area contributed by atoms with Gasteiger partial charge in [-0.05, 0) is 12.8 Å². The number of alkyl halides is 2. The number of ether oxygens (including phenoxy) is 1. The van der Waals surface area contributed by atoms with Crippen LogP contribution in [-0.4, -0.2) is 30.9 Å². The van der Waals surface area contributed by atoms with Gasteiger partial charge in [0.2, 0.25) is 0 Å². The molecular formula is C12H15F3N2O2. The number of β-amino-alcohol motifs (C(OH)–C–C–N with tert-alkyl or cyclic N) is 1. The van der Waals surface area contributed by atoms with Gasteiger partial charge in [-0.3, -0.25) is 0 Å². The lowest BCUT2D eigenvalue weighted by molar-refractivity contribution is -0.0521. The highest BCUT2D eigenvalue weighted by atomic mass is 19.3. The first kappa shape index (κ1) is 13.8. The monoisotopic (exact) mass is 276 g/mol. The van der Waals surface area contributed by atoms with Crippen LogP contribution in [-0.2, 0) is 0 Å². The summed E-state index contributed by atoms with van der Waals surface area (Å²) in [7, 11) is 0. The van der Waals surface area contributed by atoms with E-state index < -0.39 is 24.3 Å². The maximum absolute atomic E-state index is 13.4. The molecule has 0 bridgehead atoms. The van der Waals surface area contributed by atoms with E-state index in [1.165, 1.54) is 0 Å². The first-order valence-electron chi connectivity index (χ1n) is 5.94. The lowest BCUT2D eigenvalue weighted by Crippen LogP contribution is -2.38. The number of benzene rings is 1. The largest absolute Gasteiger partial charge is 0.432 e. The molecule has 3 N–H and O–H groups in total. The quantitative estimate of drug-likeness (QED) is 0.829. The highest BCUT2D eigenvalue weighted by molar-refractivity contribution is 5.70. The summed E-state index contributed by atoms with van der Waals surface area (Å²) in [4.78, 5) is 1.74. The third-order valence-corrected chi connectivity index (χ3v) is 3.03. The Labute approximate surface area is 108 Å². The predicted octanol–water partition coefficient (Wildman–Crippen LogP) is 1.97. The molecule has 1 aromatic carbocycles. The van der Waals surface area contributed by atoms with Gasteiger partial charge in [-0.1, -0.05) is 0 Å². The van der Waals surface area contributed by atoms with Gasteiger partial charge in [0.1, 0.15) is 0 Å². The zero-order valence-electron chi connectivity index (χ0n) is 10.2. The van der Waals surface area contributed by atoms with E-state index in [1.54, 1.807) is 4.90 Å². The van der Waals surface area contributed by atoms with Gasteiger partial charge in [-0.25, -0.2) is 4.39 Å². The zero-order valence-corrected chi connectivity index (χ0v) is 10.2. The molecular weight excluding hydrogens is 261 g/mol. The van der Waals surface area contributed by atoms with Crippen LogP contribution in [0.5, 0.6) is 5.75 Å². The standard InChI is InChI=1S/C12H15F3N2O2/c13-8-4-9(16)10(5-11(8)19-12(14)15)17-3-1-2-7(18)6-17/h4-5,7,12,18H,1-3,6,16H2. The number of halogens is 3. The SMILES string of the molecule is Nc1cc(F)c(OC(F)F)cc1N1CCCC(O)C1. The Hall–Kier alpha value is -1.63. The first-order chi connectivity index (χ1) is 8.97. The first-order valence-corrected chi connectivity index (χ1v) is 5.94. The van der Waals surface area contributed by atoms with Gasteiger partial charge >= 0.3 is 6.61 Å². The number of piperidine rings is 1. The van der Waals surface area contributed by atoms with Gasteiger partial charge in [0.25, 0.3) is 0 Å². The molecule has 1 fully saturated rings. The van der Waals surface area contributed by atoms with Crippen molar-refractivity contribution in [1.82, 2.24) is 0 Å². The van der Waals surface area contributed by atoms with E-state index in [4.69, 9.17) is 5.73 Å². The topological polar surface area (TPSA) is 58.7 Å². The highest BCUT2D eigenvalue weighted by Crippen LogP contribution is 2.33. The van der Waals surface area contributed by atoms with Crippen molar-refractivity contribution in [2.24, 2.45) is 0 Å². The molecule has 7 heteroatoms. The Kier molecular flexibility index (Phi) is 4.04. The minimum absolute atomic E-state index is 0.133. The smallest absolute Gasteiger partial charge is 0.387 e. The highest BCUT2D eigenvalue weighted by Gasteiger charge is 2.22. The number of hydrogen-bond acceptors (Lipinski definition) is 4. The Morgan fingerprint density at radius 3 is 2.79 bits per heavy atom. The molecule has 4 nitrogen and oxygen atoms in total. The molecule has 106 valence electrons. The molecule has 1 aromatic rings. The van der Waals surface area contributed by atoms with Gasteiger partial charge in [0.15, 0.2) is 11.6 Å². The summed E-state index contributed by atoms with van der Waals surface area (Å²) in [6.45, 7) is -2.14. The fraction of sp³-hybridized carbons (Fsp3) is 0.500. The molecule has 1 aliphatic rings. The summed E-state index contributed by atoms with van der Waals surface area (Å²) in [6, 6.07) is 2.10. The Balaban J connectivity index is 2.28. The molecule has 0 aliphatic carbocycles. The lowest BCUT2D eigenvalue weighted by Gasteiger charge is -2.33. The summed E-state index contributed by atoms with van der Waals surface area (Å²) < 4.78 is 41.9. The number of aliphatic hydroxyl groups is 1. The summed E-state index contributed by atoms with van der Waals surface area (Å²) in [5, 5.41) is 9.59. The number of aliphatic hydroxyl groups excluding tert-OH is 1. The molecule has 0 spiro atoms. The summed E-state index contributed by atoms with van der Waals surface area (Å²) in [6.07, 6.45) is 0.929. The van der Waals surface area contributed by atoms with Crippen molar-refractivity contribution in [2.75, 3.05) is 23.7 Å². The van der Waals surface area contributed by atoms with Gasteiger partial charge in [-0.15, -0.1) is 0 Å². The summed E-state index contributed by atoms with van der Waals surface area (Å²) in [5.74, 6) is -1.47. The number of anilines is 2. The van der Waals surface area contributed by atoms with E-state index in [9.17, 15) is 18.3 Å². The maximum atomic E-state index is 13.4. The summed E-state index contributed by atoms with van der Waals surface area (Å²) in [5.41, 5.74) is 6.22. The van der Waals surface area contributed by atoms with Crippen molar-refractivity contribution < 1.29 is 23.0 Å². The summed E-state index contributed by atoms with van der Waals surface area (Å²) >= 11 is 0. The average Bonchev–Trinajstić information content (AvgIpc) is 2.32. The van der Waals surface area contributed by atoms with Crippen LogP contribution in [0.2, 0.25) is 0 Å². The second-order valence-electron chi connectivity index (χ2n) is 4.46. The van der Waals surface area contributed by atoms with E-state index >= 15 is 0 Å². The number of hydrogen-bond donors (Lipinski definition) is 2. The minimum atomic E-state index is -3.10. The maximum Gasteiger partial charge on any atom is 0.387 e. The Bertz CT molecular complexity index is 457. The van der Waals surface area contributed by atoms with Crippen LogP contribution in [0.4, 0.5) is 24.5 Å². The van der Waals surface area contributed by atoms with E-state index in [-0.39, 0.29) is 5.69 Å². The second-order valence-corrected chi connectivity index (χ2v) is 4.46. The Morgan fingerprint density at radius 2 is 2.16 bits per heavy atom. The van der Waals surface area contributed by atoms with Crippen molar-refractivity contribution in [3.05, 3.63) is 17.9 Å². The van der Waals surface area contributed by atoms with Crippen LogP contribution in [0.1, 0.15) is 12.8 Å². The van der Waals surface area contributed by atoms with E-state index in [0.717, 1.165) is 18.6 Å². The van der Waals surface area contributed by atoms with E-state index in [0.29, 0.717) is 25.2 Å². The van der Waals surface area contributed by atoms with Crippen LogP contribution in [0.3, 0.4) is 0 Å². The van der Waals surface area contributed by atoms with Crippen molar-refractivity contribution in [1.29, 1.82) is 0 Å². The third kappa shape index (κ3) is 3.23. The molecule has 1 heterocycles. The minimum Gasteiger partial charge on any atom is -0.432 e. The molecule has 19 heavy (non-hydrogen) atoms. The molecule has 0 saturated carbocycles. The number of rotatable bonds is 3. The Morgan fingerprint density at radius 1 is 1.42 bits per heavy atom. The normalized spacial score (nSPS) is 19.8. The molecule has 1 atom stereocenters. The number of nitrogens with zero attached hydrogens (tertiary/aromatic N) is 1. The van der Waals surface area contributed by atoms with Crippen molar-refractivity contribution >= 4 is 11.4 Å². The van der Waals surface area contributed by atoms with Crippen LogP contribution < -0.4 is 15.4 Å². The van der Waals surface area contributed by atoms with Crippen molar-refractivity contribution in [2.45, 2.75) is 25.6 Å². The van der Waals surface area contributed by atoms with Crippen LogP contribution >= 0.6 is 0 Å². The van der Waals surface area contributed by atoms with Crippen LogP contribution in [0, 0.1) is 5.82 Å². The molecule has 2 rings (SSSR count). The third-order valence-electron chi connectivity index (χ3n) is 3.03. The van der Waals surface area contributed by atoms with E-state index in [2.05, 4.69) is 4.74 Å². The van der Waals surface area contributed by atoms with Crippen LogP contribution in [0.15, 0.2) is 12.1 Å².